The number of halogens is 3. The zero-order valence-electron chi connectivity index (χ0n) is 16.9. The molecule has 32 heavy (non-hydrogen) atoms. The molecule has 1 amide bonds. The van der Waals surface area contributed by atoms with Gasteiger partial charge in [-0.25, -0.2) is 4.68 Å². The molecule has 10 heteroatoms. The van der Waals surface area contributed by atoms with Gasteiger partial charge < -0.3 is 10.1 Å². The fraction of sp³-hybridized carbons (Fsp3) is 0.136. The average Bonchev–Trinajstić information content (AvgIpc) is 3.36. The van der Waals surface area contributed by atoms with Crippen LogP contribution in [0.15, 0.2) is 65.3 Å². The SMILES string of the molecule is Cc1cc(NC(=O)c2ccn(COc3ccc(Br)cc3Cl)n2)nn1Cc1ccccc1Cl. The first kappa shape index (κ1) is 22.4. The lowest BCUT2D eigenvalue weighted by Gasteiger charge is -2.08. The van der Waals surface area contributed by atoms with E-state index in [1.165, 1.54) is 4.68 Å². The van der Waals surface area contributed by atoms with Crippen LogP contribution in [0.5, 0.6) is 5.75 Å². The molecule has 2 aromatic heterocycles. The first-order valence-electron chi connectivity index (χ1n) is 9.59. The smallest absolute Gasteiger partial charge is 0.277 e. The van der Waals surface area contributed by atoms with E-state index in [-0.39, 0.29) is 18.3 Å². The number of anilines is 1. The van der Waals surface area contributed by atoms with Crippen molar-refractivity contribution in [2.75, 3.05) is 5.32 Å². The van der Waals surface area contributed by atoms with Crippen molar-refractivity contribution in [2.24, 2.45) is 0 Å². The number of aromatic nitrogens is 4. The van der Waals surface area contributed by atoms with Crippen molar-refractivity contribution >= 4 is 50.9 Å². The van der Waals surface area contributed by atoms with Crippen molar-refractivity contribution in [1.29, 1.82) is 0 Å². The van der Waals surface area contributed by atoms with E-state index in [4.69, 9.17) is 27.9 Å². The summed E-state index contributed by atoms with van der Waals surface area (Å²) in [4.78, 5) is 12.6. The van der Waals surface area contributed by atoms with Gasteiger partial charge in [0.05, 0.1) is 11.6 Å². The summed E-state index contributed by atoms with van der Waals surface area (Å²) >= 11 is 15.7. The summed E-state index contributed by atoms with van der Waals surface area (Å²) in [5, 5.41) is 12.6. The predicted octanol–water partition coefficient (Wildman–Crippen LogP) is 5.79. The largest absolute Gasteiger partial charge is 0.470 e. The Morgan fingerprint density at radius 3 is 2.69 bits per heavy atom. The monoisotopic (exact) mass is 533 g/mol. The number of ether oxygens (including phenoxy) is 1. The van der Waals surface area contributed by atoms with Crippen molar-refractivity contribution in [3.8, 4) is 5.75 Å². The molecular weight excluding hydrogens is 517 g/mol. The molecule has 2 heterocycles. The van der Waals surface area contributed by atoms with Crippen LogP contribution in [0, 0.1) is 6.92 Å². The van der Waals surface area contributed by atoms with Crippen LogP contribution in [0.25, 0.3) is 0 Å². The molecule has 4 aromatic rings. The fourth-order valence-electron chi connectivity index (χ4n) is 2.98. The molecular formula is C22H18BrCl2N5O2. The summed E-state index contributed by atoms with van der Waals surface area (Å²) in [6, 6.07) is 16.3. The Morgan fingerprint density at radius 2 is 1.91 bits per heavy atom. The van der Waals surface area contributed by atoms with Crippen LogP contribution in [-0.4, -0.2) is 25.5 Å². The minimum atomic E-state index is -0.368. The van der Waals surface area contributed by atoms with Gasteiger partial charge in [0, 0.05) is 27.5 Å². The number of carbonyl (C=O) groups is 1. The molecule has 2 aromatic carbocycles. The Morgan fingerprint density at radius 1 is 1.09 bits per heavy atom. The van der Waals surface area contributed by atoms with Gasteiger partial charge >= 0.3 is 0 Å². The van der Waals surface area contributed by atoms with Crippen molar-refractivity contribution in [3.63, 3.8) is 0 Å². The number of nitrogens with one attached hydrogen (secondary N) is 1. The number of amides is 1. The summed E-state index contributed by atoms with van der Waals surface area (Å²) in [5.74, 6) is 0.593. The van der Waals surface area contributed by atoms with Crippen molar-refractivity contribution < 1.29 is 9.53 Å². The number of nitrogens with zero attached hydrogens (tertiary/aromatic N) is 4. The number of carbonyl (C=O) groups excluding carboxylic acids is 1. The molecule has 0 atom stereocenters. The summed E-state index contributed by atoms with van der Waals surface area (Å²) in [6.45, 7) is 2.53. The standard InChI is InChI=1S/C22H18BrCl2N5O2/c1-14-10-21(28-30(14)12-15-4-2-3-5-17(15)24)26-22(31)19-8-9-29(27-19)13-32-20-7-6-16(23)11-18(20)25/h2-11H,12-13H2,1H3,(H,26,28,31). The van der Waals surface area contributed by atoms with Gasteiger partial charge in [-0.3, -0.25) is 9.48 Å². The highest BCUT2D eigenvalue weighted by Gasteiger charge is 2.14. The molecule has 0 aliphatic carbocycles. The van der Waals surface area contributed by atoms with Gasteiger partial charge in [-0.1, -0.05) is 57.3 Å². The summed E-state index contributed by atoms with van der Waals surface area (Å²) in [7, 11) is 0. The molecule has 164 valence electrons. The molecule has 0 bridgehead atoms. The second-order valence-corrected chi connectivity index (χ2v) is 8.69. The Hall–Kier alpha value is -2.81. The Labute approximate surface area is 203 Å². The summed E-state index contributed by atoms with van der Waals surface area (Å²) in [5.41, 5.74) is 2.09. The Bertz CT molecular complexity index is 1270. The highest BCUT2D eigenvalue weighted by molar-refractivity contribution is 9.10. The van der Waals surface area contributed by atoms with Crippen LogP contribution < -0.4 is 10.1 Å². The maximum absolute atomic E-state index is 12.6. The zero-order chi connectivity index (χ0) is 22.7. The van der Waals surface area contributed by atoms with E-state index in [0.29, 0.717) is 28.2 Å². The maximum Gasteiger partial charge on any atom is 0.277 e. The van der Waals surface area contributed by atoms with Gasteiger partial charge in [0.15, 0.2) is 18.2 Å². The lowest BCUT2D eigenvalue weighted by molar-refractivity contribution is 0.101. The highest BCUT2D eigenvalue weighted by Crippen LogP contribution is 2.28. The second kappa shape index (κ2) is 9.77. The third kappa shape index (κ3) is 5.32. The molecule has 0 aliphatic heterocycles. The van der Waals surface area contributed by atoms with Crippen molar-refractivity contribution in [3.05, 3.63) is 92.3 Å². The van der Waals surface area contributed by atoms with E-state index in [2.05, 4.69) is 31.4 Å². The van der Waals surface area contributed by atoms with Crippen molar-refractivity contribution in [2.45, 2.75) is 20.2 Å². The molecule has 4 rings (SSSR count). The Balaban J connectivity index is 1.38. The molecule has 0 spiro atoms. The Kier molecular flexibility index (Phi) is 6.83. The van der Waals surface area contributed by atoms with Gasteiger partial charge in [-0.15, -0.1) is 0 Å². The van der Waals surface area contributed by atoms with E-state index in [1.807, 2.05) is 37.3 Å². The minimum Gasteiger partial charge on any atom is -0.470 e. The number of hydrogen-bond acceptors (Lipinski definition) is 4. The molecule has 0 fully saturated rings. The lowest BCUT2D eigenvalue weighted by Crippen LogP contribution is -2.15. The normalized spacial score (nSPS) is 10.9. The first-order chi connectivity index (χ1) is 15.4. The molecule has 0 radical (unpaired) electrons. The third-order valence-corrected chi connectivity index (χ3v) is 5.78. The second-order valence-electron chi connectivity index (χ2n) is 6.96. The maximum atomic E-state index is 12.6. The molecule has 0 aliphatic rings. The van der Waals surface area contributed by atoms with Gasteiger partial charge in [-0.2, -0.15) is 10.2 Å². The van der Waals surface area contributed by atoms with Crippen LogP contribution in [0.3, 0.4) is 0 Å². The van der Waals surface area contributed by atoms with Crippen LogP contribution in [0.2, 0.25) is 10.0 Å². The molecule has 0 saturated heterocycles. The number of rotatable bonds is 7. The van der Waals surface area contributed by atoms with Crippen LogP contribution in [0.4, 0.5) is 5.82 Å². The number of aryl methyl sites for hydroxylation is 1. The summed E-state index contributed by atoms with van der Waals surface area (Å²) < 4.78 is 9.81. The van der Waals surface area contributed by atoms with E-state index in [1.54, 1.807) is 35.1 Å². The molecule has 7 nitrogen and oxygen atoms in total. The lowest BCUT2D eigenvalue weighted by atomic mass is 10.2. The van der Waals surface area contributed by atoms with Crippen LogP contribution >= 0.6 is 39.1 Å². The zero-order valence-corrected chi connectivity index (χ0v) is 20.0. The van der Waals surface area contributed by atoms with Crippen LogP contribution in [-0.2, 0) is 13.3 Å². The van der Waals surface area contributed by atoms with E-state index in [0.717, 1.165) is 15.7 Å². The predicted molar refractivity (Wildman–Crippen MR) is 127 cm³/mol. The molecule has 0 saturated carbocycles. The average molecular weight is 535 g/mol. The van der Waals surface area contributed by atoms with E-state index < -0.39 is 0 Å². The quantitative estimate of drug-likeness (QED) is 0.325. The summed E-state index contributed by atoms with van der Waals surface area (Å²) in [6.07, 6.45) is 1.66. The van der Waals surface area contributed by atoms with Gasteiger partial charge in [0.25, 0.3) is 5.91 Å². The van der Waals surface area contributed by atoms with Gasteiger partial charge in [-0.05, 0) is 42.8 Å². The molecule has 1 N–H and O–H groups in total. The van der Waals surface area contributed by atoms with Gasteiger partial charge in [0.2, 0.25) is 0 Å². The minimum absolute atomic E-state index is 0.111. The van der Waals surface area contributed by atoms with E-state index in [9.17, 15) is 4.79 Å². The third-order valence-electron chi connectivity index (χ3n) is 4.62. The highest BCUT2D eigenvalue weighted by atomic mass is 79.9. The molecule has 0 unspecified atom stereocenters. The topological polar surface area (TPSA) is 74.0 Å². The number of hydrogen-bond donors (Lipinski definition) is 1. The van der Waals surface area contributed by atoms with Crippen molar-refractivity contribution in [1.82, 2.24) is 19.6 Å². The van der Waals surface area contributed by atoms with Crippen LogP contribution in [0.1, 0.15) is 21.7 Å². The fourth-order valence-corrected chi connectivity index (χ4v) is 3.91. The first-order valence-corrected chi connectivity index (χ1v) is 11.1. The van der Waals surface area contributed by atoms with E-state index >= 15 is 0 Å². The van der Waals surface area contributed by atoms with Gasteiger partial charge in [0.1, 0.15) is 5.75 Å². The number of benzene rings is 2.